The minimum atomic E-state index is 0.208. The molecule has 1 N–H and O–H groups in total. The predicted molar refractivity (Wildman–Crippen MR) is 101 cm³/mol. The van der Waals surface area contributed by atoms with Gasteiger partial charge in [-0.2, -0.15) is 0 Å². The fourth-order valence-corrected chi connectivity index (χ4v) is 4.11. The molecule has 0 fully saturated rings. The summed E-state index contributed by atoms with van der Waals surface area (Å²) in [6, 6.07) is 14.7. The molecular weight excluding hydrogens is 316 g/mol. The first-order chi connectivity index (χ1) is 11.6. The van der Waals surface area contributed by atoms with Crippen LogP contribution in [0.5, 0.6) is 0 Å². The van der Waals surface area contributed by atoms with Crippen LogP contribution in [0.3, 0.4) is 0 Å². The molecule has 0 saturated heterocycles. The van der Waals surface area contributed by atoms with Crippen LogP contribution in [-0.4, -0.2) is 33.0 Å². The lowest BCUT2D eigenvalue weighted by molar-refractivity contribution is -0.858. The van der Waals surface area contributed by atoms with Crippen molar-refractivity contribution < 1.29 is 9.69 Å². The first kappa shape index (κ1) is 17.1. The van der Waals surface area contributed by atoms with Crippen LogP contribution in [0.2, 0.25) is 0 Å². The SMILES string of the molecule is CCC(=O)c1ccc2c(c1)N(CCC[NH+](C)C)c1ccccc1S2. The maximum Gasteiger partial charge on any atom is 0.162 e. The molecule has 2 aromatic rings. The lowest BCUT2D eigenvalue weighted by Crippen LogP contribution is -3.05. The van der Waals surface area contributed by atoms with Crippen molar-refractivity contribution in [1.29, 1.82) is 0 Å². The Hall–Kier alpha value is -1.78. The topological polar surface area (TPSA) is 24.8 Å². The molecule has 3 nitrogen and oxygen atoms in total. The number of ketones is 1. The third-order valence-corrected chi connectivity index (χ3v) is 5.46. The van der Waals surface area contributed by atoms with Crippen molar-refractivity contribution in [2.24, 2.45) is 0 Å². The van der Waals surface area contributed by atoms with Gasteiger partial charge in [-0.1, -0.05) is 36.9 Å². The van der Waals surface area contributed by atoms with Gasteiger partial charge in [0.1, 0.15) is 0 Å². The van der Waals surface area contributed by atoms with E-state index in [-0.39, 0.29) is 5.78 Å². The standard InChI is InChI=1S/C20H24N2OS/c1-4-18(23)15-10-11-20-17(14-15)22(13-7-12-21(2)3)16-8-5-6-9-19(16)24-20/h5-6,8-11,14H,4,7,12-13H2,1-3H3/p+1. The summed E-state index contributed by atoms with van der Waals surface area (Å²) in [6.07, 6.45) is 1.67. The molecule has 0 unspecified atom stereocenters. The fourth-order valence-electron chi connectivity index (χ4n) is 3.04. The third-order valence-electron chi connectivity index (χ3n) is 4.33. The number of rotatable bonds is 6. The van der Waals surface area contributed by atoms with Crippen LogP contribution < -0.4 is 9.80 Å². The summed E-state index contributed by atoms with van der Waals surface area (Å²) in [5, 5.41) is 0. The number of para-hydroxylation sites is 1. The minimum Gasteiger partial charge on any atom is -0.340 e. The zero-order valence-electron chi connectivity index (χ0n) is 14.6. The van der Waals surface area contributed by atoms with Crippen molar-refractivity contribution >= 4 is 28.9 Å². The van der Waals surface area contributed by atoms with Crippen molar-refractivity contribution in [2.75, 3.05) is 32.1 Å². The van der Waals surface area contributed by atoms with E-state index in [4.69, 9.17) is 0 Å². The normalized spacial score (nSPS) is 12.9. The summed E-state index contributed by atoms with van der Waals surface area (Å²) in [7, 11) is 4.37. The Morgan fingerprint density at radius 2 is 1.83 bits per heavy atom. The highest BCUT2D eigenvalue weighted by Crippen LogP contribution is 2.48. The first-order valence-corrected chi connectivity index (χ1v) is 9.42. The van der Waals surface area contributed by atoms with E-state index in [0.29, 0.717) is 6.42 Å². The smallest absolute Gasteiger partial charge is 0.162 e. The molecule has 126 valence electrons. The van der Waals surface area contributed by atoms with E-state index >= 15 is 0 Å². The molecule has 0 saturated carbocycles. The molecule has 24 heavy (non-hydrogen) atoms. The second-order valence-electron chi connectivity index (χ2n) is 6.49. The van der Waals surface area contributed by atoms with E-state index in [1.54, 1.807) is 11.8 Å². The van der Waals surface area contributed by atoms with Gasteiger partial charge in [0.15, 0.2) is 5.78 Å². The van der Waals surface area contributed by atoms with Crippen LogP contribution in [0.4, 0.5) is 11.4 Å². The van der Waals surface area contributed by atoms with Crippen molar-refractivity contribution in [1.82, 2.24) is 0 Å². The number of anilines is 2. The summed E-state index contributed by atoms with van der Waals surface area (Å²) in [5.41, 5.74) is 3.25. The fraction of sp³-hybridized carbons (Fsp3) is 0.350. The Morgan fingerprint density at radius 1 is 1.08 bits per heavy atom. The molecule has 0 aliphatic carbocycles. The molecule has 3 rings (SSSR count). The molecule has 1 aliphatic heterocycles. The quantitative estimate of drug-likeness (QED) is 0.815. The van der Waals surface area contributed by atoms with Gasteiger partial charge in [-0.25, -0.2) is 0 Å². The van der Waals surface area contributed by atoms with Gasteiger partial charge in [-0.3, -0.25) is 4.79 Å². The predicted octanol–water partition coefficient (Wildman–Crippen LogP) is 3.42. The van der Waals surface area contributed by atoms with Crippen molar-refractivity contribution in [3.63, 3.8) is 0 Å². The largest absolute Gasteiger partial charge is 0.340 e. The highest BCUT2D eigenvalue weighted by molar-refractivity contribution is 7.99. The third kappa shape index (κ3) is 3.50. The number of fused-ring (bicyclic) bond motifs is 2. The van der Waals surface area contributed by atoms with E-state index in [2.05, 4.69) is 55.4 Å². The molecule has 1 aliphatic rings. The molecule has 2 aromatic carbocycles. The van der Waals surface area contributed by atoms with E-state index in [1.165, 1.54) is 26.1 Å². The second-order valence-corrected chi connectivity index (χ2v) is 7.58. The molecule has 0 amide bonds. The number of carbonyl (C=O) groups excluding carboxylic acids is 1. The number of hydrogen-bond acceptors (Lipinski definition) is 3. The van der Waals surface area contributed by atoms with Crippen LogP contribution >= 0.6 is 11.8 Å². The number of hydrogen-bond donors (Lipinski definition) is 1. The average Bonchev–Trinajstić information content (AvgIpc) is 2.59. The Labute approximate surface area is 148 Å². The van der Waals surface area contributed by atoms with Gasteiger partial charge in [0.25, 0.3) is 0 Å². The molecule has 1 heterocycles. The minimum absolute atomic E-state index is 0.208. The number of quaternary nitrogens is 1. The van der Waals surface area contributed by atoms with E-state index < -0.39 is 0 Å². The number of carbonyl (C=O) groups is 1. The van der Waals surface area contributed by atoms with E-state index in [1.807, 2.05) is 13.0 Å². The van der Waals surface area contributed by atoms with Gasteiger partial charge in [-0.15, -0.1) is 0 Å². The first-order valence-electron chi connectivity index (χ1n) is 8.61. The Morgan fingerprint density at radius 3 is 2.58 bits per heavy atom. The Bertz CT molecular complexity index is 742. The van der Waals surface area contributed by atoms with Gasteiger partial charge in [-0.05, 0) is 24.3 Å². The monoisotopic (exact) mass is 341 g/mol. The van der Waals surface area contributed by atoms with Crippen LogP contribution in [-0.2, 0) is 0 Å². The molecule has 0 spiro atoms. The zero-order chi connectivity index (χ0) is 17.1. The number of Topliss-reactive ketones (excluding diaryl/α,β-unsaturated/α-hetero) is 1. The van der Waals surface area contributed by atoms with Gasteiger partial charge in [0.05, 0.1) is 32.0 Å². The Kier molecular flexibility index (Phi) is 5.27. The van der Waals surface area contributed by atoms with Crippen LogP contribution in [0, 0.1) is 0 Å². The van der Waals surface area contributed by atoms with E-state index in [0.717, 1.165) is 25.1 Å². The van der Waals surface area contributed by atoms with Gasteiger partial charge in [0.2, 0.25) is 0 Å². The Balaban J connectivity index is 1.97. The summed E-state index contributed by atoms with van der Waals surface area (Å²) >= 11 is 1.80. The molecule has 4 heteroatoms. The van der Waals surface area contributed by atoms with Crippen molar-refractivity contribution in [3.8, 4) is 0 Å². The van der Waals surface area contributed by atoms with Crippen LogP contribution in [0.1, 0.15) is 30.1 Å². The van der Waals surface area contributed by atoms with Crippen molar-refractivity contribution in [3.05, 3.63) is 48.0 Å². The molecule has 0 radical (unpaired) electrons. The number of nitrogens with one attached hydrogen (secondary N) is 1. The van der Waals surface area contributed by atoms with Gasteiger partial charge < -0.3 is 9.80 Å². The maximum absolute atomic E-state index is 12.1. The second kappa shape index (κ2) is 7.41. The van der Waals surface area contributed by atoms with E-state index in [9.17, 15) is 4.79 Å². The average molecular weight is 342 g/mol. The highest BCUT2D eigenvalue weighted by Gasteiger charge is 2.24. The lowest BCUT2D eigenvalue weighted by atomic mass is 10.1. The van der Waals surface area contributed by atoms with Gasteiger partial charge >= 0.3 is 0 Å². The summed E-state index contributed by atoms with van der Waals surface area (Å²) in [5.74, 6) is 0.208. The van der Waals surface area contributed by atoms with Crippen LogP contribution in [0.15, 0.2) is 52.3 Å². The van der Waals surface area contributed by atoms with Crippen LogP contribution in [0.25, 0.3) is 0 Å². The molecule has 0 atom stereocenters. The maximum atomic E-state index is 12.1. The molecule has 0 aromatic heterocycles. The highest BCUT2D eigenvalue weighted by atomic mass is 32.2. The molecule has 0 bridgehead atoms. The van der Waals surface area contributed by atoms with Crippen molar-refractivity contribution in [2.45, 2.75) is 29.6 Å². The lowest BCUT2D eigenvalue weighted by Gasteiger charge is -2.33. The summed E-state index contributed by atoms with van der Waals surface area (Å²) in [6.45, 7) is 4.03. The summed E-state index contributed by atoms with van der Waals surface area (Å²) < 4.78 is 0. The van der Waals surface area contributed by atoms with Gasteiger partial charge in [0, 0.05) is 34.7 Å². The zero-order valence-corrected chi connectivity index (χ0v) is 15.5. The summed E-state index contributed by atoms with van der Waals surface area (Å²) in [4.78, 5) is 18.5. The number of benzene rings is 2. The number of nitrogens with zero attached hydrogens (tertiary/aromatic N) is 1. The molecular formula is C20H25N2OS+.